The maximum absolute atomic E-state index is 5.75. The van der Waals surface area contributed by atoms with Crippen molar-refractivity contribution in [2.75, 3.05) is 6.54 Å². The van der Waals surface area contributed by atoms with Crippen molar-refractivity contribution in [3.8, 4) is 11.3 Å². The molecule has 0 saturated heterocycles. The number of unbranched alkanes of at least 4 members (excludes halogenated alkanes) is 1. The topological polar surface area (TPSA) is 54.7 Å². The molecule has 0 unspecified atom stereocenters. The number of nitrogens with two attached hydrogens (primary N) is 1. The first-order chi connectivity index (χ1) is 13.1. The average Bonchev–Trinajstić information content (AvgIpc) is 2.99. The summed E-state index contributed by atoms with van der Waals surface area (Å²) in [6, 6.07) is 15.2. The molecule has 3 nitrogen and oxygen atoms in total. The third kappa shape index (κ3) is 3.24. The Labute approximate surface area is 160 Å². The van der Waals surface area contributed by atoms with Gasteiger partial charge in [-0.2, -0.15) is 0 Å². The Morgan fingerprint density at radius 1 is 1.00 bits per heavy atom. The van der Waals surface area contributed by atoms with Crippen LogP contribution in [0.25, 0.3) is 33.1 Å². The van der Waals surface area contributed by atoms with Crippen molar-refractivity contribution >= 4 is 21.8 Å². The van der Waals surface area contributed by atoms with Gasteiger partial charge in [0.2, 0.25) is 0 Å². The third-order valence-corrected chi connectivity index (χ3v) is 5.36. The second kappa shape index (κ2) is 7.16. The molecule has 138 valence electrons. The van der Waals surface area contributed by atoms with Crippen LogP contribution in [0.15, 0.2) is 42.5 Å². The van der Waals surface area contributed by atoms with E-state index < -0.39 is 0 Å². The minimum absolute atomic E-state index is 0.743. The third-order valence-electron chi connectivity index (χ3n) is 5.36. The average molecular weight is 358 g/mol. The van der Waals surface area contributed by atoms with E-state index in [2.05, 4.69) is 61.3 Å². The Hall–Kier alpha value is -2.65. The van der Waals surface area contributed by atoms with Gasteiger partial charge in [0.1, 0.15) is 0 Å². The molecule has 0 spiro atoms. The van der Waals surface area contributed by atoms with Crippen molar-refractivity contribution in [2.24, 2.45) is 5.73 Å². The normalized spacial score (nSPS) is 11.6. The van der Waals surface area contributed by atoms with Crippen LogP contribution in [0.3, 0.4) is 0 Å². The van der Waals surface area contributed by atoms with E-state index in [1.807, 2.05) is 6.92 Å². The van der Waals surface area contributed by atoms with Crippen LogP contribution in [0.4, 0.5) is 0 Å². The molecule has 0 aliphatic rings. The molecule has 2 heterocycles. The molecule has 3 heteroatoms. The molecule has 2 aromatic heterocycles. The summed E-state index contributed by atoms with van der Waals surface area (Å²) in [5.74, 6) is 0. The highest BCUT2D eigenvalue weighted by atomic mass is 14.7. The van der Waals surface area contributed by atoms with E-state index in [0.717, 1.165) is 37.0 Å². The van der Waals surface area contributed by atoms with E-state index in [1.165, 1.54) is 44.2 Å². The molecule has 0 fully saturated rings. The summed E-state index contributed by atoms with van der Waals surface area (Å²) in [6.45, 7) is 7.16. The lowest BCUT2D eigenvalue weighted by Gasteiger charge is -2.10. The minimum Gasteiger partial charge on any atom is -0.354 e. The number of aryl methyl sites for hydroxylation is 4. The second-order valence-electron chi connectivity index (χ2n) is 7.55. The summed E-state index contributed by atoms with van der Waals surface area (Å²) in [5, 5.41) is 2.56. The lowest BCUT2D eigenvalue weighted by molar-refractivity contribution is 0.748. The molecule has 0 bridgehead atoms. The van der Waals surface area contributed by atoms with E-state index in [1.54, 1.807) is 0 Å². The summed E-state index contributed by atoms with van der Waals surface area (Å²) >= 11 is 0. The molecule has 0 radical (unpaired) electrons. The molecule has 2 aromatic carbocycles. The van der Waals surface area contributed by atoms with Gasteiger partial charge in [-0.25, -0.2) is 0 Å². The number of hydrogen-bond donors (Lipinski definition) is 2. The number of hydrogen-bond acceptors (Lipinski definition) is 2. The van der Waals surface area contributed by atoms with Crippen LogP contribution in [-0.4, -0.2) is 16.5 Å². The van der Waals surface area contributed by atoms with E-state index in [4.69, 9.17) is 10.7 Å². The molecule has 0 amide bonds. The van der Waals surface area contributed by atoms with Gasteiger partial charge >= 0.3 is 0 Å². The Kier molecular flexibility index (Phi) is 4.71. The Bertz CT molecular complexity index is 1120. The first kappa shape index (κ1) is 17.7. The van der Waals surface area contributed by atoms with E-state index in [-0.39, 0.29) is 0 Å². The van der Waals surface area contributed by atoms with Crippen LogP contribution < -0.4 is 5.73 Å². The molecule has 0 aliphatic carbocycles. The molecule has 0 saturated carbocycles. The van der Waals surface area contributed by atoms with Gasteiger partial charge in [0.25, 0.3) is 0 Å². The van der Waals surface area contributed by atoms with E-state index in [9.17, 15) is 0 Å². The van der Waals surface area contributed by atoms with Gasteiger partial charge in [-0.05, 0) is 81.5 Å². The van der Waals surface area contributed by atoms with Gasteiger partial charge in [0.05, 0.1) is 11.2 Å². The Morgan fingerprint density at radius 3 is 2.67 bits per heavy atom. The lowest BCUT2D eigenvalue weighted by Crippen LogP contribution is -1.99. The molecule has 27 heavy (non-hydrogen) atoms. The summed E-state index contributed by atoms with van der Waals surface area (Å²) in [5.41, 5.74) is 15.6. The van der Waals surface area contributed by atoms with E-state index >= 15 is 0 Å². The number of H-pyrrole nitrogens is 1. The summed E-state index contributed by atoms with van der Waals surface area (Å²) in [4.78, 5) is 8.46. The number of rotatable bonds is 5. The van der Waals surface area contributed by atoms with Crippen LogP contribution >= 0.6 is 0 Å². The predicted molar refractivity (Wildman–Crippen MR) is 115 cm³/mol. The van der Waals surface area contributed by atoms with Crippen LogP contribution in [0, 0.1) is 20.8 Å². The molecule has 0 aliphatic heterocycles. The number of nitrogens with zero attached hydrogens (tertiary/aromatic N) is 1. The number of fused-ring (bicyclic) bond motifs is 2. The zero-order chi connectivity index (χ0) is 19.0. The Balaban J connectivity index is 1.98. The van der Waals surface area contributed by atoms with Crippen LogP contribution in [0.5, 0.6) is 0 Å². The maximum atomic E-state index is 5.75. The largest absolute Gasteiger partial charge is 0.354 e. The van der Waals surface area contributed by atoms with Crippen molar-refractivity contribution in [1.29, 1.82) is 0 Å². The highest BCUT2D eigenvalue weighted by molar-refractivity contribution is 6.00. The number of aromatic nitrogens is 2. The highest BCUT2D eigenvalue weighted by Crippen LogP contribution is 2.37. The van der Waals surface area contributed by atoms with Gasteiger partial charge < -0.3 is 10.7 Å². The second-order valence-corrected chi connectivity index (χ2v) is 7.55. The van der Waals surface area contributed by atoms with Crippen LogP contribution in [0.2, 0.25) is 0 Å². The van der Waals surface area contributed by atoms with Crippen molar-refractivity contribution in [3.63, 3.8) is 0 Å². The minimum atomic E-state index is 0.743. The molecule has 0 atom stereocenters. The standard InChI is InChI=1S/C24H27N3/c1-15-13-16(2)23-20(7-4-5-12-25)24(27-22(23)14-15)19-8-6-9-21-18(19)11-10-17(3)26-21/h6,8-11,13-14,27H,4-5,7,12,25H2,1-3H3. The highest BCUT2D eigenvalue weighted by Gasteiger charge is 2.17. The smallest absolute Gasteiger partial charge is 0.0711 e. The quantitative estimate of drug-likeness (QED) is 0.457. The predicted octanol–water partition coefficient (Wildman–Crippen LogP) is 5.59. The zero-order valence-electron chi connectivity index (χ0n) is 16.4. The van der Waals surface area contributed by atoms with Crippen molar-refractivity contribution in [1.82, 2.24) is 9.97 Å². The summed E-state index contributed by atoms with van der Waals surface area (Å²) in [7, 11) is 0. The van der Waals surface area contributed by atoms with Gasteiger partial charge in [-0.1, -0.05) is 24.3 Å². The number of pyridine rings is 1. The first-order valence-corrected chi connectivity index (χ1v) is 9.77. The van der Waals surface area contributed by atoms with E-state index in [0.29, 0.717) is 0 Å². The summed E-state index contributed by atoms with van der Waals surface area (Å²) < 4.78 is 0. The van der Waals surface area contributed by atoms with Crippen molar-refractivity contribution in [3.05, 3.63) is 64.8 Å². The van der Waals surface area contributed by atoms with Gasteiger partial charge in [0.15, 0.2) is 0 Å². The Morgan fingerprint density at radius 2 is 1.85 bits per heavy atom. The summed E-state index contributed by atoms with van der Waals surface area (Å²) in [6.07, 6.45) is 3.19. The van der Waals surface area contributed by atoms with Gasteiger partial charge in [-0.3, -0.25) is 4.98 Å². The molecule has 4 aromatic rings. The van der Waals surface area contributed by atoms with Crippen molar-refractivity contribution < 1.29 is 0 Å². The number of benzene rings is 2. The maximum Gasteiger partial charge on any atom is 0.0711 e. The number of nitrogens with one attached hydrogen (secondary N) is 1. The monoisotopic (exact) mass is 357 g/mol. The number of aromatic amines is 1. The first-order valence-electron chi connectivity index (χ1n) is 9.77. The fraction of sp³-hybridized carbons (Fsp3) is 0.292. The molecule has 3 N–H and O–H groups in total. The van der Waals surface area contributed by atoms with Gasteiger partial charge in [0, 0.05) is 27.5 Å². The fourth-order valence-electron chi connectivity index (χ4n) is 4.20. The van der Waals surface area contributed by atoms with Crippen LogP contribution in [0.1, 0.15) is 35.2 Å². The fourth-order valence-corrected chi connectivity index (χ4v) is 4.20. The lowest BCUT2D eigenvalue weighted by atomic mass is 9.95. The van der Waals surface area contributed by atoms with Gasteiger partial charge in [-0.15, -0.1) is 0 Å². The molecular formula is C24H27N3. The molecular weight excluding hydrogens is 330 g/mol. The van der Waals surface area contributed by atoms with Crippen molar-refractivity contribution in [2.45, 2.75) is 40.0 Å². The van der Waals surface area contributed by atoms with Crippen LogP contribution in [-0.2, 0) is 6.42 Å². The zero-order valence-corrected chi connectivity index (χ0v) is 16.4. The SMILES string of the molecule is Cc1cc(C)c2c(CCCCN)c(-c3cccc4nc(C)ccc34)[nH]c2c1. The molecule has 4 rings (SSSR count).